The van der Waals surface area contributed by atoms with Gasteiger partial charge in [0.25, 0.3) is 0 Å². The molecule has 0 spiro atoms. The molecule has 3 nitrogen and oxygen atoms in total. The van der Waals surface area contributed by atoms with Crippen LogP contribution in [-0.2, 0) is 10.3 Å². The second kappa shape index (κ2) is 7.99. The van der Waals surface area contributed by atoms with Gasteiger partial charge in [0.1, 0.15) is 0 Å². The summed E-state index contributed by atoms with van der Waals surface area (Å²) < 4.78 is 31.8. The Balaban J connectivity index is 2.20. The number of rotatable bonds is 7. The maximum atomic E-state index is 13.6. The molecule has 1 unspecified atom stereocenters. The van der Waals surface area contributed by atoms with Gasteiger partial charge in [0, 0.05) is 26.2 Å². The van der Waals surface area contributed by atoms with E-state index < -0.39 is 17.2 Å². The topological polar surface area (TPSA) is 41.5 Å². The van der Waals surface area contributed by atoms with E-state index in [2.05, 4.69) is 5.32 Å². The first-order valence-electron chi connectivity index (χ1n) is 7.95. The molecule has 1 aromatic carbocycles. The van der Waals surface area contributed by atoms with Gasteiger partial charge >= 0.3 is 0 Å². The van der Waals surface area contributed by atoms with Gasteiger partial charge in [-0.05, 0) is 56.3 Å². The minimum atomic E-state index is -1.13. The van der Waals surface area contributed by atoms with Gasteiger partial charge in [-0.2, -0.15) is 0 Å². The molecule has 1 saturated heterocycles. The van der Waals surface area contributed by atoms with Crippen molar-refractivity contribution in [3.63, 3.8) is 0 Å². The third-order valence-corrected chi connectivity index (χ3v) is 4.55. The van der Waals surface area contributed by atoms with Gasteiger partial charge < -0.3 is 15.2 Å². The van der Waals surface area contributed by atoms with Gasteiger partial charge in [0.05, 0.1) is 5.60 Å². The maximum absolute atomic E-state index is 13.6. The average Bonchev–Trinajstić information content (AvgIpc) is 2.55. The van der Waals surface area contributed by atoms with Crippen LogP contribution < -0.4 is 5.32 Å². The van der Waals surface area contributed by atoms with Gasteiger partial charge in [-0.25, -0.2) is 8.78 Å². The largest absolute Gasteiger partial charge is 0.385 e. The number of halogens is 2. The number of methoxy groups -OCH3 is 1. The number of hydrogen-bond acceptors (Lipinski definition) is 3. The van der Waals surface area contributed by atoms with Crippen molar-refractivity contribution >= 4 is 0 Å². The molecule has 0 bridgehead atoms. The minimum absolute atomic E-state index is 0.00801. The number of unbranched alkanes of at least 4 members (excludes halogenated alkanes) is 1. The van der Waals surface area contributed by atoms with Crippen molar-refractivity contribution in [2.24, 2.45) is 5.92 Å². The quantitative estimate of drug-likeness (QED) is 0.761. The summed E-state index contributed by atoms with van der Waals surface area (Å²) in [6, 6.07) is 3.74. The molecule has 0 amide bonds. The zero-order chi connectivity index (χ0) is 16.0. The summed E-state index contributed by atoms with van der Waals surface area (Å²) in [4.78, 5) is 0. The second-order valence-electron chi connectivity index (χ2n) is 6.05. The molecule has 0 aromatic heterocycles. The van der Waals surface area contributed by atoms with Crippen LogP contribution in [0.25, 0.3) is 0 Å². The molecule has 0 saturated carbocycles. The van der Waals surface area contributed by atoms with Crippen LogP contribution >= 0.6 is 0 Å². The van der Waals surface area contributed by atoms with Crippen molar-refractivity contribution in [3.05, 3.63) is 35.4 Å². The van der Waals surface area contributed by atoms with E-state index in [0.717, 1.165) is 44.4 Å². The number of aliphatic hydroxyl groups is 1. The number of benzene rings is 1. The van der Waals surface area contributed by atoms with E-state index in [0.29, 0.717) is 25.1 Å². The van der Waals surface area contributed by atoms with Gasteiger partial charge in [-0.3, -0.25) is 0 Å². The number of ether oxygens (including phenoxy) is 1. The third-order valence-electron chi connectivity index (χ3n) is 4.55. The number of hydrogen-bond donors (Lipinski definition) is 2. The van der Waals surface area contributed by atoms with E-state index >= 15 is 0 Å². The summed E-state index contributed by atoms with van der Waals surface area (Å²) in [6.07, 6.45) is 4.00. The molecule has 2 N–H and O–H groups in total. The summed E-state index contributed by atoms with van der Waals surface area (Å²) in [5.74, 6) is -1.78. The minimum Gasteiger partial charge on any atom is -0.385 e. The molecular formula is C17H25F2NO2. The first-order chi connectivity index (χ1) is 10.6. The van der Waals surface area contributed by atoms with E-state index in [9.17, 15) is 13.9 Å². The lowest BCUT2D eigenvalue weighted by Crippen LogP contribution is -2.44. The Morgan fingerprint density at radius 1 is 1.32 bits per heavy atom. The molecule has 1 aliphatic rings. The first kappa shape index (κ1) is 17.3. The fraction of sp³-hybridized carbons (Fsp3) is 0.647. The van der Waals surface area contributed by atoms with E-state index in [1.807, 2.05) is 0 Å². The fourth-order valence-electron chi connectivity index (χ4n) is 3.25. The zero-order valence-corrected chi connectivity index (χ0v) is 13.1. The molecule has 1 aliphatic heterocycles. The maximum Gasteiger partial charge on any atom is 0.159 e. The lowest BCUT2D eigenvalue weighted by molar-refractivity contribution is -0.0437. The van der Waals surface area contributed by atoms with E-state index in [-0.39, 0.29) is 5.92 Å². The molecule has 1 fully saturated rings. The van der Waals surface area contributed by atoms with E-state index in [1.54, 1.807) is 7.11 Å². The lowest BCUT2D eigenvalue weighted by atomic mass is 9.74. The predicted molar refractivity (Wildman–Crippen MR) is 81.6 cm³/mol. The molecule has 0 radical (unpaired) electrons. The Labute approximate surface area is 130 Å². The Bertz CT molecular complexity index is 478. The number of nitrogens with one attached hydrogen (secondary N) is 1. The Kier molecular flexibility index (Phi) is 6.29. The number of piperidine rings is 1. The standard InChI is InChI=1S/C17H25F2NO2/c1-22-10-3-2-8-17(21,14-5-4-9-20-12-14)13-6-7-15(18)16(19)11-13/h6-7,11,14,20-21H,2-5,8-10,12H2,1H3/t14?,17-/m1/s1. The normalized spacial score (nSPS) is 21.5. The highest BCUT2D eigenvalue weighted by molar-refractivity contribution is 5.25. The summed E-state index contributed by atoms with van der Waals surface area (Å²) >= 11 is 0. The van der Waals surface area contributed by atoms with Crippen LogP contribution in [-0.4, -0.2) is 31.9 Å². The van der Waals surface area contributed by atoms with Crippen molar-refractivity contribution in [1.82, 2.24) is 5.32 Å². The van der Waals surface area contributed by atoms with Crippen LogP contribution in [0.3, 0.4) is 0 Å². The van der Waals surface area contributed by atoms with Gasteiger partial charge in [0.15, 0.2) is 11.6 Å². The van der Waals surface area contributed by atoms with Crippen LogP contribution in [0.4, 0.5) is 8.78 Å². The summed E-state index contributed by atoms with van der Waals surface area (Å²) in [5.41, 5.74) is -0.659. The highest BCUT2D eigenvalue weighted by Crippen LogP contribution is 2.38. The summed E-state index contributed by atoms with van der Waals surface area (Å²) in [7, 11) is 1.65. The smallest absolute Gasteiger partial charge is 0.159 e. The first-order valence-corrected chi connectivity index (χ1v) is 7.95. The lowest BCUT2D eigenvalue weighted by Gasteiger charge is -2.39. The van der Waals surface area contributed by atoms with Gasteiger partial charge in [-0.1, -0.05) is 6.07 Å². The third kappa shape index (κ3) is 4.03. The predicted octanol–water partition coefficient (Wildman–Crippen LogP) is 2.97. The highest BCUT2D eigenvalue weighted by Gasteiger charge is 2.38. The fourth-order valence-corrected chi connectivity index (χ4v) is 3.25. The van der Waals surface area contributed by atoms with Crippen LogP contribution in [0.15, 0.2) is 18.2 Å². The molecule has 124 valence electrons. The summed E-state index contributed by atoms with van der Waals surface area (Å²) in [5, 5.41) is 14.5. The van der Waals surface area contributed by atoms with Crippen molar-refractivity contribution in [2.45, 2.75) is 37.7 Å². The van der Waals surface area contributed by atoms with Gasteiger partial charge in [0.2, 0.25) is 0 Å². The van der Waals surface area contributed by atoms with Crippen LogP contribution in [0.5, 0.6) is 0 Å². The Morgan fingerprint density at radius 2 is 2.14 bits per heavy atom. The molecule has 2 rings (SSSR count). The molecular weight excluding hydrogens is 288 g/mol. The second-order valence-corrected chi connectivity index (χ2v) is 6.05. The monoisotopic (exact) mass is 313 g/mol. The van der Waals surface area contributed by atoms with Crippen molar-refractivity contribution in [1.29, 1.82) is 0 Å². The highest BCUT2D eigenvalue weighted by atomic mass is 19.2. The van der Waals surface area contributed by atoms with Crippen LogP contribution in [0.2, 0.25) is 0 Å². The Hall–Kier alpha value is -1.04. The molecule has 1 heterocycles. The molecule has 22 heavy (non-hydrogen) atoms. The molecule has 0 aliphatic carbocycles. The zero-order valence-electron chi connectivity index (χ0n) is 13.1. The van der Waals surface area contributed by atoms with E-state index in [1.165, 1.54) is 6.07 Å². The average molecular weight is 313 g/mol. The van der Waals surface area contributed by atoms with Crippen molar-refractivity contribution in [3.8, 4) is 0 Å². The molecule has 2 atom stereocenters. The SMILES string of the molecule is COCCCC[C@@](O)(c1ccc(F)c(F)c1)C1CCCNC1. The molecule has 1 aromatic rings. The van der Waals surface area contributed by atoms with Crippen molar-refractivity contribution < 1.29 is 18.6 Å². The summed E-state index contributed by atoms with van der Waals surface area (Å²) in [6.45, 7) is 2.27. The van der Waals surface area contributed by atoms with Crippen LogP contribution in [0, 0.1) is 17.6 Å². The Morgan fingerprint density at radius 3 is 2.77 bits per heavy atom. The van der Waals surface area contributed by atoms with E-state index in [4.69, 9.17) is 4.74 Å². The van der Waals surface area contributed by atoms with Crippen molar-refractivity contribution in [2.75, 3.05) is 26.8 Å². The van der Waals surface area contributed by atoms with Gasteiger partial charge in [-0.15, -0.1) is 0 Å². The molecule has 5 heteroatoms. The van der Waals surface area contributed by atoms with Crippen LogP contribution in [0.1, 0.15) is 37.7 Å².